The predicted molar refractivity (Wildman–Crippen MR) is 29.5 cm³/mol. The van der Waals surface area contributed by atoms with Crippen LogP contribution in [0.2, 0.25) is 0 Å². The van der Waals surface area contributed by atoms with Gasteiger partial charge in [-0.1, -0.05) is 0 Å². The molecule has 1 N–H and O–H groups in total. The third-order valence-corrected chi connectivity index (χ3v) is 1.07. The second-order valence-electron chi connectivity index (χ2n) is 2.13. The Hall–Kier alpha value is -0.990. The lowest BCUT2D eigenvalue weighted by molar-refractivity contribution is -0.367. The predicted octanol–water partition coefficient (Wildman–Crippen LogP) is 1.58. The van der Waals surface area contributed by atoms with Crippen LogP contribution in [-0.2, 0) is 9.53 Å². The highest BCUT2D eigenvalue weighted by molar-refractivity contribution is 5.68. The molecule has 0 saturated heterocycles. The summed E-state index contributed by atoms with van der Waals surface area (Å²) in [4.78, 5) is 9.69. The SMILES string of the molecule is O=C(O)COC(F)(C(F)F)C(F)(F)F. The topological polar surface area (TPSA) is 46.5 Å². The summed E-state index contributed by atoms with van der Waals surface area (Å²) in [5.74, 6) is -7.23. The van der Waals surface area contributed by atoms with Gasteiger partial charge >= 0.3 is 24.4 Å². The summed E-state index contributed by atoms with van der Waals surface area (Å²) in [5.41, 5.74) is 0. The third kappa shape index (κ3) is 2.76. The number of hydrogen-bond donors (Lipinski definition) is 1. The monoisotopic (exact) mass is 226 g/mol. The first-order valence-corrected chi connectivity index (χ1v) is 3.01. The van der Waals surface area contributed by atoms with Gasteiger partial charge in [-0.3, -0.25) is 0 Å². The zero-order valence-corrected chi connectivity index (χ0v) is 6.32. The van der Waals surface area contributed by atoms with Crippen molar-refractivity contribution in [1.82, 2.24) is 0 Å². The van der Waals surface area contributed by atoms with E-state index >= 15 is 0 Å². The van der Waals surface area contributed by atoms with E-state index in [1.165, 1.54) is 0 Å². The van der Waals surface area contributed by atoms with Crippen molar-refractivity contribution < 1.29 is 41.0 Å². The molecule has 0 saturated carbocycles. The van der Waals surface area contributed by atoms with Gasteiger partial charge in [-0.05, 0) is 0 Å². The van der Waals surface area contributed by atoms with Crippen LogP contribution < -0.4 is 0 Å². The minimum Gasteiger partial charge on any atom is -0.480 e. The van der Waals surface area contributed by atoms with E-state index in [9.17, 15) is 31.1 Å². The van der Waals surface area contributed by atoms with Gasteiger partial charge in [-0.2, -0.15) is 17.6 Å². The van der Waals surface area contributed by atoms with Crippen molar-refractivity contribution in [1.29, 1.82) is 0 Å². The van der Waals surface area contributed by atoms with Crippen molar-refractivity contribution in [2.45, 2.75) is 18.5 Å². The van der Waals surface area contributed by atoms with Crippen LogP contribution in [0.25, 0.3) is 0 Å². The van der Waals surface area contributed by atoms with Gasteiger partial charge in [0.2, 0.25) is 0 Å². The average Bonchev–Trinajstić information content (AvgIpc) is 1.97. The zero-order chi connectivity index (χ0) is 11.6. The highest BCUT2D eigenvalue weighted by Crippen LogP contribution is 2.39. The van der Waals surface area contributed by atoms with Gasteiger partial charge in [0.1, 0.15) is 6.61 Å². The van der Waals surface area contributed by atoms with Gasteiger partial charge in [0.25, 0.3) is 0 Å². The van der Waals surface area contributed by atoms with Crippen LogP contribution in [0.4, 0.5) is 26.3 Å². The Morgan fingerprint density at radius 3 is 1.93 bits per heavy atom. The Labute approximate surface area is 73.3 Å². The molecule has 0 spiro atoms. The summed E-state index contributed by atoms with van der Waals surface area (Å²) in [6.07, 6.45) is -10.5. The van der Waals surface area contributed by atoms with E-state index in [1.807, 2.05) is 0 Å². The van der Waals surface area contributed by atoms with E-state index in [2.05, 4.69) is 4.74 Å². The van der Waals surface area contributed by atoms with Gasteiger partial charge in [0, 0.05) is 0 Å². The fourth-order valence-electron chi connectivity index (χ4n) is 0.435. The molecule has 0 aliphatic carbocycles. The second kappa shape index (κ2) is 4.03. The number of rotatable bonds is 4. The van der Waals surface area contributed by atoms with E-state index in [4.69, 9.17) is 5.11 Å². The number of ether oxygens (including phenoxy) is 1. The minimum absolute atomic E-state index is 1.81. The molecule has 0 bridgehead atoms. The summed E-state index contributed by atoms with van der Waals surface area (Å²) in [7, 11) is 0. The molecule has 0 heterocycles. The maximum atomic E-state index is 12.4. The molecule has 0 amide bonds. The molecular weight excluding hydrogens is 222 g/mol. The van der Waals surface area contributed by atoms with Crippen molar-refractivity contribution in [2.75, 3.05) is 6.61 Å². The lowest BCUT2D eigenvalue weighted by Crippen LogP contribution is -2.50. The molecule has 0 aromatic rings. The van der Waals surface area contributed by atoms with Crippen molar-refractivity contribution in [2.24, 2.45) is 0 Å². The highest BCUT2D eigenvalue weighted by Gasteiger charge is 2.64. The van der Waals surface area contributed by atoms with Crippen LogP contribution in [-0.4, -0.2) is 36.1 Å². The van der Waals surface area contributed by atoms with Crippen LogP contribution in [0.15, 0.2) is 0 Å². The van der Waals surface area contributed by atoms with E-state index in [-0.39, 0.29) is 0 Å². The summed E-state index contributed by atoms with van der Waals surface area (Å²) in [6, 6.07) is 0. The molecule has 0 aromatic carbocycles. The number of carboxylic acid groups (broad SMARTS) is 1. The maximum absolute atomic E-state index is 12.4. The molecule has 1 unspecified atom stereocenters. The molecule has 0 radical (unpaired) electrons. The van der Waals surface area contributed by atoms with Crippen LogP contribution in [0.1, 0.15) is 0 Å². The number of carboxylic acids is 1. The third-order valence-electron chi connectivity index (χ3n) is 1.07. The lowest BCUT2D eigenvalue weighted by Gasteiger charge is -2.25. The number of aliphatic carboxylic acids is 1. The fourth-order valence-corrected chi connectivity index (χ4v) is 0.435. The van der Waals surface area contributed by atoms with Gasteiger partial charge < -0.3 is 9.84 Å². The summed E-state index contributed by atoms with van der Waals surface area (Å²) in [6.45, 7) is -1.81. The molecule has 14 heavy (non-hydrogen) atoms. The van der Waals surface area contributed by atoms with Gasteiger partial charge in [0.15, 0.2) is 0 Å². The Balaban J connectivity index is 4.66. The molecule has 0 aliphatic rings. The molecule has 84 valence electrons. The molecular formula is C5H4F6O3. The van der Waals surface area contributed by atoms with Crippen LogP contribution in [0.5, 0.6) is 0 Å². The van der Waals surface area contributed by atoms with Crippen molar-refractivity contribution in [3.05, 3.63) is 0 Å². The van der Waals surface area contributed by atoms with Crippen molar-refractivity contribution in [3.8, 4) is 0 Å². The van der Waals surface area contributed by atoms with Crippen LogP contribution in [0.3, 0.4) is 0 Å². The van der Waals surface area contributed by atoms with E-state index in [0.717, 1.165) is 0 Å². The first kappa shape index (κ1) is 13.0. The summed E-state index contributed by atoms with van der Waals surface area (Å²) >= 11 is 0. The maximum Gasteiger partial charge on any atom is 0.454 e. The van der Waals surface area contributed by atoms with Gasteiger partial charge in [0.05, 0.1) is 0 Å². The first-order chi connectivity index (χ1) is 6.11. The average molecular weight is 226 g/mol. The van der Waals surface area contributed by atoms with Crippen molar-refractivity contribution in [3.63, 3.8) is 0 Å². The van der Waals surface area contributed by atoms with Gasteiger partial charge in [-0.15, -0.1) is 0 Å². The molecule has 0 aromatic heterocycles. The van der Waals surface area contributed by atoms with Crippen molar-refractivity contribution >= 4 is 5.97 Å². The Morgan fingerprint density at radius 1 is 1.29 bits per heavy atom. The lowest BCUT2D eigenvalue weighted by atomic mass is 10.3. The number of alkyl halides is 6. The van der Waals surface area contributed by atoms with Crippen LogP contribution in [0, 0.1) is 0 Å². The Morgan fingerprint density at radius 2 is 1.71 bits per heavy atom. The Bertz CT molecular complexity index is 214. The van der Waals surface area contributed by atoms with Crippen LogP contribution >= 0.6 is 0 Å². The zero-order valence-electron chi connectivity index (χ0n) is 6.32. The summed E-state index contributed by atoms with van der Waals surface area (Å²) in [5, 5.41) is 7.82. The standard InChI is InChI=1S/C5H4F6O3/c6-3(7)4(8,5(9,10)11)14-1-2(12)13/h3H,1H2,(H,12,13). The second-order valence-corrected chi connectivity index (χ2v) is 2.13. The molecule has 0 rings (SSSR count). The Kier molecular flexibility index (Phi) is 3.74. The molecule has 3 nitrogen and oxygen atoms in total. The smallest absolute Gasteiger partial charge is 0.454 e. The number of halogens is 6. The fraction of sp³-hybridized carbons (Fsp3) is 0.800. The normalized spacial score (nSPS) is 16.8. The van der Waals surface area contributed by atoms with Gasteiger partial charge in [-0.25, -0.2) is 13.6 Å². The van der Waals surface area contributed by atoms with E-state index in [1.54, 1.807) is 0 Å². The van der Waals surface area contributed by atoms with E-state index in [0.29, 0.717) is 0 Å². The largest absolute Gasteiger partial charge is 0.480 e. The molecule has 9 heteroatoms. The molecule has 0 fully saturated rings. The summed E-state index contributed by atoms with van der Waals surface area (Å²) < 4.78 is 73.5. The number of carbonyl (C=O) groups is 1. The van der Waals surface area contributed by atoms with E-state index < -0.39 is 31.0 Å². The molecule has 0 aliphatic heterocycles. The minimum atomic E-state index is -5.99. The highest BCUT2D eigenvalue weighted by atomic mass is 19.4. The first-order valence-electron chi connectivity index (χ1n) is 3.01. The molecule has 1 atom stereocenters. The number of hydrogen-bond acceptors (Lipinski definition) is 2. The quantitative estimate of drug-likeness (QED) is 0.740.